The second kappa shape index (κ2) is 9.15. The van der Waals surface area contributed by atoms with Gasteiger partial charge in [-0.1, -0.05) is 0 Å². The van der Waals surface area contributed by atoms with Gasteiger partial charge in [0.05, 0.1) is 0 Å². The quantitative estimate of drug-likeness (QED) is 0.674. The summed E-state index contributed by atoms with van der Waals surface area (Å²) in [5, 5.41) is 7.42. The van der Waals surface area contributed by atoms with Crippen LogP contribution in [0.15, 0.2) is 91.0 Å². The zero-order chi connectivity index (χ0) is 16.5. The van der Waals surface area contributed by atoms with Gasteiger partial charge < -0.3 is 5.11 Å². The van der Waals surface area contributed by atoms with E-state index in [0.717, 1.165) is 6.92 Å². The number of hydrogen-bond donors (Lipinski definition) is 1. The predicted molar refractivity (Wildman–Crippen MR) is 97.3 cm³/mol. The van der Waals surface area contributed by atoms with Crippen molar-refractivity contribution < 1.29 is 9.90 Å². The van der Waals surface area contributed by atoms with Gasteiger partial charge in [-0.05, 0) is 0 Å². The number of carbonyl (C=O) groups is 1. The first-order chi connectivity index (χ1) is 11.2. The second-order valence-corrected chi connectivity index (χ2v) is 12.1. The van der Waals surface area contributed by atoms with Crippen LogP contribution in [0.3, 0.4) is 0 Å². The van der Waals surface area contributed by atoms with Crippen molar-refractivity contribution in [2.45, 2.75) is 6.92 Å². The summed E-state index contributed by atoms with van der Waals surface area (Å²) in [7, 11) is 0. The van der Waals surface area contributed by atoms with Crippen LogP contribution in [0.4, 0.5) is 0 Å². The molecule has 0 aliphatic rings. The van der Waals surface area contributed by atoms with Crippen molar-refractivity contribution in [1.82, 2.24) is 0 Å². The summed E-state index contributed by atoms with van der Waals surface area (Å²) >= 11 is -1.98. The fraction of sp³-hybridized carbons (Fsp3) is 0.0500. The molecule has 3 aromatic carbocycles. The van der Waals surface area contributed by atoms with Crippen LogP contribution in [0.5, 0.6) is 0 Å². The summed E-state index contributed by atoms with van der Waals surface area (Å²) in [6, 6.07) is 32.9. The van der Waals surface area contributed by atoms with Gasteiger partial charge in [0.1, 0.15) is 0 Å². The number of aliphatic carboxylic acids is 1. The molecule has 1 radical (unpaired) electrons. The van der Waals surface area contributed by atoms with Crippen LogP contribution in [0, 0.1) is 0 Å². The molecule has 0 heterocycles. The van der Waals surface area contributed by atoms with Crippen molar-refractivity contribution >= 4 is 36.5 Å². The van der Waals surface area contributed by atoms with E-state index in [4.69, 9.17) is 9.90 Å². The van der Waals surface area contributed by atoms with Gasteiger partial charge in [0.25, 0.3) is 5.97 Å². The Labute approximate surface area is 144 Å². The molecule has 0 fully saturated rings. The Morgan fingerprint density at radius 1 is 0.652 bits per heavy atom. The Morgan fingerprint density at radius 2 is 0.870 bits per heavy atom. The first-order valence-electron chi connectivity index (χ1n) is 7.41. The zero-order valence-corrected chi connectivity index (χ0v) is 15.9. The van der Waals surface area contributed by atoms with Crippen molar-refractivity contribution in [1.29, 1.82) is 0 Å². The number of carboxylic acid groups (broad SMARTS) is 1. The van der Waals surface area contributed by atoms with Gasteiger partial charge in [0.2, 0.25) is 0 Å². The molecule has 115 valence electrons. The molecule has 0 unspecified atom stereocenters. The molecule has 0 spiro atoms. The first-order valence-corrected chi connectivity index (χ1v) is 11.7. The molecular formula is C20H19O2Sn. The van der Waals surface area contributed by atoms with Crippen LogP contribution >= 0.6 is 0 Å². The summed E-state index contributed by atoms with van der Waals surface area (Å²) in [6.45, 7) is 1.08. The van der Waals surface area contributed by atoms with E-state index >= 15 is 0 Å². The molecule has 3 heteroatoms. The molecule has 0 bridgehead atoms. The summed E-state index contributed by atoms with van der Waals surface area (Å²) in [5.74, 6) is -0.833. The molecule has 0 aliphatic carbocycles. The third-order valence-electron chi connectivity index (χ3n) is 3.19. The van der Waals surface area contributed by atoms with Crippen molar-refractivity contribution in [2.24, 2.45) is 0 Å². The maximum atomic E-state index is 9.00. The molecule has 0 aromatic heterocycles. The predicted octanol–water partition coefficient (Wildman–Crippen LogP) is 2.29. The van der Waals surface area contributed by atoms with Gasteiger partial charge in [-0.15, -0.1) is 0 Å². The third kappa shape index (κ3) is 5.56. The molecule has 2 nitrogen and oxygen atoms in total. The van der Waals surface area contributed by atoms with E-state index in [2.05, 4.69) is 91.0 Å². The Bertz CT molecular complexity index is 614. The maximum absolute atomic E-state index is 9.00. The van der Waals surface area contributed by atoms with Crippen molar-refractivity contribution in [2.75, 3.05) is 0 Å². The molecule has 0 amide bonds. The average Bonchev–Trinajstić information content (AvgIpc) is 2.58. The van der Waals surface area contributed by atoms with Crippen molar-refractivity contribution in [3.8, 4) is 0 Å². The van der Waals surface area contributed by atoms with Gasteiger partial charge >= 0.3 is 121 Å². The fourth-order valence-corrected chi connectivity index (χ4v) is 9.67. The molecule has 0 saturated heterocycles. The Kier molecular flexibility index (Phi) is 6.88. The van der Waals surface area contributed by atoms with Crippen molar-refractivity contribution in [3.63, 3.8) is 0 Å². The van der Waals surface area contributed by atoms with Crippen LogP contribution in [-0.2, 0) is 4.79 Å². The summed E-state index contributed by atoms with van der Waals surface area (Å²) in [4.78, 5) is 9.00. The molecule has 1 N–H and O–H groups in total. The summed E-state index contributed by atoms with van der Waals surface area (Å²) < 4.78 is 4.59. The van der Waals surface area contributed by atoms with E-state index in [0.29, 0.717) is 0 Å². The molecule has 23 heavy (non-hydrogen) atoms. The Balaban J connectivity index is 0.000000433. The van der Waals surface area contributed by atoms with Gasteiger partial charge in [-0.3, -0.25) is 4.79 Å². The molecular weight excluding hydrogens is 391 g/mol. The van der Waals surface area contributed by atoms with Gasteiger partial charge in [0, 0.05) is 6.92 Å². The number of benzene rings is 3. The monoisotopic (exact) mass is 411 g/mol. The van der Waals surface area contributed by atoms with E-state index in [9.17, 15) is 0 Å². The van der Waals surface area contributed by atoms with E-state index < -0.39 is 25.7 Å². The standard InChI is InChI=1S/3C6H5.C2H4O2.Sn/c3*1-2-4-6-5-3-1;1-2(3)4;/h3*1-5H;1H3,(H,3,4);. The molecule has 0 aliphatic heterocycles. The summed E-state index contributed by atoms with van der Waals surface area (Å²) in [5.41, 5.74) is 0. The molecule has 3 aromatic rings. The molecule has 0 atom stereocenters. The molecule has 0 saturated carbocycles. The topological polar surface area (TPSA) is 37.3 Å². The number of hydrogen-bond acceptors (Lipinski definition) is 1. The van der Waals surface area contributed by atoms with Crippen LogP contribution in [-0.4, -0.2) is 30.8 Å². The van der Waals surface area contributed by atoms with Gasteiger partial charge in [-0.25, -0.2) is 0 Å². The molecule has 3 rings (SSSR count). The van der Waals surface area contributed by atoms with Crippen LogP contribution in [0.1, 0.15) is 6.92 Å². The number of rotatable bonds is 3. The van der Waals surface area contributed by atoms with E-state index in [1.54, 1.807) is 0 Å². The fourth-order valence-electron chi connectivity index (χ4n) is 2.31. The average molecular weight is 410 g/mol. The third-order valence-corrected chi connectivity index (χ3v) is 11.0. The Hall–Kier alpha value is -2.07. The summed E-state index contributed by atoms with van der Waals surface area (Å²) in [6.07, 6.45) is 0. The number of carboxylic acids is 1. The Morgan fingerprint density at radius 3 is 1.09 bits per heavy atom. The minimum atomic E-state index is -1.98. The van der Waals surface area contributed by atoms with E-state index in [-0.39, 0.29) is 0 Å². The second-order valence-electron chi connectivity index (χ2n) is 4.99. The van der Waals surface area contributed by atoms with Gasteiger partial charge in [-0.2, -0.15) is 0 Å². The van der Waals surface area contributed by atoms with Crippen molar-refractivity contribution in [3.05, 3.63) is 91.0 Å². The van der Waals surface area contributed by atoms with Crippen LogP contribution in [0.2, 0.25) is 0 Å². The first kappa shape index (κ1) is 17.3. The normalized spacial score (nSPS) is 9.83. The van der Waals surface area contributed by atoms with Gasteiger partial charge in [0.15, 0.2) is 0 Å². The minimum absolute atomic E-state index is 0.833. The SMILES string of the molecule is CC(=O)O.c1cc[c]([Sn]([c]2ccccc2)[c]2ccccc2)cc1. The zero-order valence-electron chi connectivity index (χ0n) is 13.0. The van der Waals surface area contributed by atoms with E-state index in [1.807, 2.05) is 0 Å². The van der Waals surface area contributed by atoms with Crippen LogP contribution in [0.25, 0.3) is 0 Å². The van der Waals surface area contributed by atoms with Crippen LogP contribution < -0.4 is 10.7 Å². The van der Waals surface area contributed by atoms with E-state index in [1.165, 1.54) is 10.7 Å².